The molecular formula is C20H22N2O. The first kappa shape index (κ1) is 14.3. The third-order valence-corrected chi connectivity index (χ3v) is 5.03. The number of urea groups is 1. The topological polar surface area (TPSA) is 41.1 Å². The van der Waals surface area contributed by atoms with Crippen molar-refractivity contribution in [2.24, 2.45) is 0 Å². The summed E-state index contributed by atoms with van der Waals surface area (Å²) in [5.74, 6) is 0. The molecule has 0 aliphatic heterocycles. The molecular weight excluding hydrogens is 284 g/mol. The van der Waals surface area contributed by atoms with Crippen LogP contribution in [0.25, 0.3) is 0 Å². The van der Waals surface area contributed by atoms with E-state index in [-0.39, 0.29) is 12.1 Å². The molecule has 3 nitrogen and oxygen atoms in total. The summed E-state index contributed by atoms with van der Waals surface area (Å²) in [6.45, 7) is 0. The van der Waals surface area contributed by atoms with Crippen LogP contribution in [-0.4, -0.2) is 6.03 Å². The van der Waals surface area contributed by atoms with E-state index in [9.17, 15) is 4.79 Å². The van der Waals surface area contributed by atoms with Crippen molar-refractivity contribution >= 4 is 11.7 Å². The number of benzene rings is 2. The molecule has 2 aliphatic rings. The van der Waals surface area contributed by atoms with Gasteiger partial charge >= 0.3 is 6.03 Å². The molecule has 0 radical (unpaired) electrons. The lowest BCUT2D eigenvalue weighted by molar-refractivity contribution is 0.247. The Morgan fingerprint density at radius 2 is 1.74 bits per heavy atom. The molecule has 0 saturated heterocycles. The second-order valence-corrected chi connectivity index (χ2v) is 6.58. The molecule has 0 bridgehead atoms. The molecule has 23 heavy (non-hydrogen) atoms. The number of nitrogens with one attached hydrogen (secondary N) is 2. The van der Waals surface area contributed by atoms with E-state index in [2.05, 4.69) is 47.0 Å². The maximum absolute atomic E-state index is 12.4. The van der Waals surface area contributed by atoms with Crippen LogP contribution >= 0.6 is 0 Å². The molecule has 0 aromatic heterocycles. The number of rotatable bonds is 2. The number of carbonyl (C=O) groups is 1. The summed E-state index contributed by atoms with van der Waals surface area (Å²) in [7, 11) is 0. The van der Waals surface area contributed by atoms with Crippen molar-refractivity contribution in [3.8, 4) is 0 Å². The smallest absolute Gasteiger partial charge is 0.319 e. The van der Waals surface area contributed by atoms with Crippen molar-refractivity contribution in [3.05, 3.63) is 64.7 Å². The van der Waals surface area contributed by atoms with Gasteiger partial charge in [0.05, 0.1) is 6.04 Å². The Labute approximate surface area is 137 Å². The van der Waals surface area contributed by atoms with E-state index < -0.39 is 0 Å². The summed E-state index contributed by atoms with van der Waals surface area (Å²) in [4.78, 5) is 12.4. The normalized spacial score (nSPS) is 18.9. The van der Waals surface area contributed by atoms with Gasteiger partial charge in [-0.2, -0.15) is 0 Å². The summed E-state index contributed by atoms with van der Waals surface area (Å²) in [5, 5.41) is 6.14. The van der Waals surface area contributed by atoms with Gasteiger partial charge in [0, 0.05) is 5.69 Å². The SMILES string of the molecule is O=C(Nc1ccc2c(c1)CCC2)NC1CCCc2ccccc21. The molecule has 1 atom stereocenters. The summed E-state index contributed by atoms with van der Waals surface area (Å²) in [6, 6.07) is 14.7. The van der Waals surface area contributed by atoms with Crippen molar-refractivity contribution in [3.63, 3.8) is 0 Å². The molecule has 118 valence electrons. The molecule has 2 amide bonds. The highest BCUT2D eigenvalue weighted by atomic mass is 16.2. The number of hydrogen-bond acceptors (Lipinski definition) is 1. The quantitative estimate of drug-likeness (QED) is 0.849. The van der Waals surface area contributed by atoms with Gasteiger partial charge in [-0.05, 0) is 72.9 Å². The zero-order valence-electron chi connectivity index (χ0n) is 13.3. The molecule has 2 aromatic rings. The van der Waals surface area contributed by atoms with E-state index in [1.165, 1.54) is 35.1 Å². The first-order valence-corrected chi connectivity index (χ1v) is 8.57. The lowest BCUT2D eigenvalue weighted by Gasteiger charge is -2.26. The molecule has 0 fully saturated rings. The minimum Gasteiger partial charge on any atom is -0.331 e. The van der Waals surface area contributed by atoms with E-state index >= 15 is 0 Å². The Hall–Kier alpha value is -2.29. The fourth-order valence-corrected chi connectivity index (χ4v) is 3.88. The van der Waals surface area contributed by atoms with Gasteiger partial charge in [0.15, 0.2) is 0 Å². The second-order valence-electron chi connectivity index (χ2n) is 6.58. The van der Waals surface area contributed by atoms with Crippen LogP contribution in [0.15, 0.2) is 42.5 Å². The maximum atomic E-state index is 12.4. The third-order valence-electron chi connectivity index (χ3n) is 5.03. The molecule has 0 spiro atoms. The van der Waals surface area contributed by atoms with Crippen molar-refractivity contribution in [1.82, 2.24) is 5.32 Å². The number of fused-ring (bicyclic) bond motifs is 2. The van der Waals surface area contributed by atoms with Crippen LogP contribution in [0.1, 0.15) is 47.6 Å². The molecule has 0 saturated carbocycles. The second kappa shape index (κ2) is 6.07. The fraction of sp³-hybridized carbons (Fsp3) is 0.350. The fourth-order valence-electron chi connectivity index (χ4n) is 3.88. The van der Waals surface area contributed by atoms with Crippen molar-refractivity contribution in [2.75, 3.05) is 5.32 Å². The predicted molar refractivity (Wildman–Crippen MR) is 92.7 cm³/mol. The summed E-state index contributed by atoms with van der Waals surface area (Å²) in [5.41, 5.74) is 6.33. The average Bonchev–Trinajstić information content (AvgIpc) is 3.03. The lowest BCUT2D eigenvalue weighted by atomic mass is 9.88. The Morgan fingerprint density at radius 3 is 2.70 bits per heavy atom. The highest BCUT2D eigenvalue weighted by Crippen LogP contribution is 2.29. The molecule has 0 heterocycles. The zero-order chi connectivity index (χ0) is 15.6. The van der Waals surface area contributed by atoms with Crippen LogP contribution in [-0.2, 0) is 19.3 Å². The van der Waals surface area contributed by atoms with Gasteiger partial charge in [-0.1, -0.05) is 30.3 Å². The van der Waals surface area contributed by atoms with Crippen LogP contribution in [0.2, 0.25) is 0 Å². The van der Waals surface area contributed by atoms with E-state index in [0.29, 0.717) is 0 Å². The van der Waals surface area contributed by atoms with Crippen molar-refractivity contribution < 1.29 is 4.79 Å². The predicted octanol–water partition coefficient (Wildman–Crippen LogP) is 4.37. The number of hydrogen-bond donors (Lipinski definition) is 2. The maximum Gasteiger partial charge on any atom is 0.319 e. The summed E-state index contributed by atoms with van der Waals surface area (Å²) in [6.07, 6.45) is 6.77. The highest BCUT2D eigenvalue weighted by molar-refractivity contribution is 5.89. The minimum atomic E-state index is -0.107. The van der Waals surface area contributed by atoms with Gasteiger partial charge in [0.1, 0.15) is 0 Å². The first-order valence-electron chi connectivity index (χ1n) is 8.57. The Balaban J connectivity index is 1.45. The van der Waals surface area contributed by atoms with Gasteiger partial charge in [0.2, 0.25) is 0 Å². The van der Waals surface area contributed by atoms with E-state index in [4.69, 9.17) is 0 Å². The van der Waals surface area contributed by atoms with Crippen LogP contribution in [0.4, 0.5) is 10.5 Å². The molecule has 3 heteroatoms. The molecule has 2 aromatic carbocycles. The largest absolute Gasteiger partial charge is 0.331 e. The van der Waals surface area contributed by atoms with E-state index in [1.807, 2.05) is 6.07 Å². The first-order chi connectivity index (χ1) is 11.3. The Morgan fingerprint density at radius 1 is 0.913 bits per heavy atom. The molecule has 2 aliphatic carbocycles. The zero-order valence-corrected chi connectivity index (χ0v) is 13.3. The van der Waals surface area contributed by atoms with Gasteiger partial charge in [0.25, 0.3) is 0 Å². The Kier molecular flexibility index (Phi) is 3.78. The monoisotopic (exact) mass is 306 g/mol. The Bertz CT molecular complexity index is 738. The number of anilines is 1. The molecule has 1 unspecified atom stereocenters. The van der Waals surface area contributed by atoms with Crippen LogP contribution in [0.5, 0.6) is 0 Å². The van der Waals surface area contributed by atoms with Gasteiger partial charge in [-0.15, -0.1) is 0 Å². The van der Waals surface area contributed by atoms with Crippen LogP contribution in [0.3, 0.4) is 0 Å². The standard InChI is InChI=1S/C20H22N2O/c23-20(21-17-12-11-14-6-3-8-16(14)13-17)22-19-10-4-7-15-5-1-2-9-18(15)19/h1-2,5,9,11-13,19H,3-4,6-8,10H2,(H2,21,22,23). The molecule has 4 rings (SSSR count). The van der Waals surface area contributed by atoms with Crippen LogP contribution < -0.4 is 10.6 Å². The summed E-state index contributed by atoms with van der Waals surface area (Å²) < 4.78 is 0. The van der Waals surface area contributed by atoms with E-state index in [1.54, 1.807) is 0 Å². The average molecular weight is 306 g/mol. The third kappa shape index (κ3) is 2.96. The summed E-state index contributed by atoms with van der Waals surface area (Å²) >= 11 is 0. The molecule has 2 N–H and O–H groups in total. The van der Waals surface area contributed by atoms with Crippen molar-refractivity contribution in [2.45, 2.75) is 44.6 Å². The van der Waals surface area contributed by atoms with Gasteiger partial charge < -0.3 is 10.6 Å². The van der Waals surface area contributed by atoms with Crippen LogP contribution in [0, 0.1) is 0 Å². The number of aryl methyl sites for hydroxylation is 3. The van der Waals surface area contributed by atoms with Gasteiger partial charge in [-0.3, -0.25) is 0 Å². The van der Waals surface area contributed by atoms with Gasteiger partial charge in [-0.25, -0.2) is 4.79 Å². The van der Waals surface area contributed by atoms with Crippen molar-refractivity contribution in [1.29, 1.82) is 0 Å². The lowest BCUT2D eigenvalue weighted by Crippen LogP contribution is -2.34. The van der Waals surface area contributed by atoms with E-state index in [0.717, 1.165) is 31.4 Å². The number of carbonyl (C=O) groups excluding carboxylic acids is 1. The number of amides is 2. The highest BCUT2D eigenvalue weighted by Gasteiger charge is 2.21. The minimum absolute atomic E-state index is 0.107.